The van der Waals surface area contributed by atoms with Crippen molar-refractivity contribution in [2.75, 3.05) is 6.61 Å². The van der Waals surface area contributed by atoms with Crippen molar-refractivity contribution >= 4 is 0 Å². The normalized spacial score (nSPS) is 40.2. The number of rotatable bonds is 1. The Morgan fingerprint density at radius 3 is 2.50 bits per heavy atom. The van der Waals surface area contributed by atoms with E-state index in [-0.39, 0.29) is 12.2 Å². The zero-order valence-electron chi connectivity index (χ0n) is 8.05. The molecule has 1 N–H and O–H groups in total. The summed E-state index contributed by atoms with van der Waals surface area (Å²) in [4.78, 5) is 0. The van der Waals surface area contributed by atoms with Crippen molar-refractivity contribution in [1.82, 2.24) is 0 Å². The Bertz CT molecular complexity index is 327. The van der Waals surface area contributed by atoms with Gasteiger partial charge in [-0.3, -0.25) is 0 Å². The van der Waals surface area contributed by atoms with Gasteiger partial charge in [-0.15, -0.1) is 0 Å². The van der Waals surface area contributed by atoms with E-state index in [2.05, 4.69) is 0 Å². The number of aliphatic hydroxyl groups excluding tert-OH is 1. The van der Waals surface area contributed by atoms with E-state index in [1.807, 2.05) is 0 Å². The van der Waals surface area contributed by atoms with Crippen LogP contribution in [0.1, 0.15) is 13.8 Å². The van der Waals surface area contributed by atoms with Crippen molar-refractivity contribution < 1.29 is 18.6 Å². The van der Waals surface area contributed by atoms with Crippen molar-refractivity contribution in [3.05, 3.63) is 23.3 Å². The van der Waals surface area contributed by atoms with Crippen LogP contribution < -0.4 is 0 Å². The number of ether oxygens (including phenoxy) is 1. The summed E-state index contributed by atoms with van der Waals surface area (Å²) in [5.74, 6) is -3.19. The lowest BCUT2D eigenvalue weighted by molar-refractivity contribution is -0.118. The number of halogens is 2. The van der Waals surface area contributed by atoms with Crippen LogP contribution in [0.25, 0.3) is 0 Å². The molecular formula is C10H12F2O2. The topological polar surface area (TPSA) is 32.8 Å². The van der Waals surface area contributed by atoms with Crippen molar-refractivity contribution in [2.45, 2.75) is 31.5 Å². The minimum absolute atomic E-state index is 0.00392. The minimum atomic E-state index is -3.19. The van der Waals surface area contributed by atoms with Gasteiger partial charge in [-0.05, 0) is 25.0 Å². The number of hydrogen-bond donors (Lipinski definition) is 1. The van der Waals surface area contributed by atoms with Crippen molar-refractivity contribution in [2.24, 2.45) is 0 Å². The lowest BCUT2D eigenvalue weighted by Crippen LogP contribution is -2.42. The number of allylic oxidation sites excluding steroid dienone is 1. The molecule has 0 aromatic rings. The van der Waals surface area contributed by atoms with Crippen LogP contribution in [0.2, 0.25) is 0 Å². The Morgan fingerprint density at radius 2 is 2.14 bits per heavy atom. The highest BCUT2D eigenvalue weighted by Crippen LogP contribution is 2.56. The van der Waals surface area contributed by atoms with Gasteiger partial charge in [0.05, 0.1) is 6.61 Å². The molecule has 0 aromatic carbocycles. The van der Waals surface area contributed by atoms with E-state index >= 15 is 0 Å². The fraction of sp³-hybridized carbons (Fsp3) is 0.600. The SMILES string of the molecule is C/C=C\C1=C(C)C2(CO2)C(F)(F)C1O. The van der Waals surface area contributed by atoms with Gasteiger partial charge in [0.25, 0.3) is 0 Å². The molecule has 2 aliphatic rings. The molecule has 0 bridgehead atoms. The molecule has 0 radical (unpaired) electrons. The second-order valence-electron chi connectivity index (χ2n) is 3.72. The summed E-state index contributed by atoms with van der Waals surface area (Å²) in [6.45, 7) is 3.32. The smallest absolute Gasteiger partial charge is 0.311 e. The Morgan fingerprint density at radius 1 is 1.57 bits per heavy atom. The number of epoxide rings is 1. The Balaban J connectivity index is 2.47. The first-order valence-electron chi connectivity index (χ1n) is 4.51. The predicted molar refractivity (Wildman–Crippen MR) is 47.2 cm³/mol. The Kier molecular flexibility index (Phi) is 1.85. The highest BCUT2D eigenvalue weighted by atomic mass is 19.3. The molecule has 0 saturated carbocycles. The summed E-state index contributed by atoms with van der Waals surface area (Å²) < 4.78 is 31.9. The molecule has 4 heteroatoms. The van der Waals surface area contributed by atoms with Crippen LogP contribution in [0.4, 0.5) is 8.78 Å². The van der Waals surface area contributed by atoms with E-state index in [4.69, 9.17) is 4.74 Å². The Hall–Kier alpha value is -0.740. The molecule has 0 amide bonds. The number of alkyl halides is 2. The first-order chi connectivity index (χ1) is 6.47. The minimum Gasteiger partial charge on any atom is -0.382 e. The standard InChI is InChI=1S/C10H12F2O2/c1-3-4-7-6(2)9(5-14-9)10(11,12)8(7)13/h3-4,8,13H,5H2,1-2H3/b4-3-. The summed E-state index contributed by atoms with van der Waals surface area (Å²) in [5, 5.41) is 9.45. The van der Waals surface area contributed by atoms with E-state index < -0.39 is 17.6 Å². The molecule has 1 saturated heterocycles. The predicted octanol–water partition coefficient (Wildman–Crippen LogP) is 1.66. The fourth-order valence-corrected chi connectivity index (χ4v) is 1.98. The third-order valence-electron chi connectivity index (χ3n) is 2.99. The van der Waals surface area contributed by atoms with Crippen LogP contribution in [-0.4, -0.2) is 29.3 Å². The molecule has 1 heterocycles. The van der Waals surface area contributed by atoms with Gasteiger partial charge >= 0.3 is 5.92 Å². The number of hydrogen-bond acceptors (Lipinski definition) is 2. The van der Waals surface area contributed by atoms with Crippen molar-refractivity contribution in [1.29, 1.82) is 0 Å². The quantitative estimate of drug-likeness (QED) is 0.656. The zero-order valence-corrected chi connectivity index (χ0v) is 8.05. The molecule has 2 atom stereocenters. The maximum atomic E-state index is 13.6. The van der Waals surface area contributed by atoms with Gasteiger partial charge in [0.2, 0.25) is 0 Å². The van der Waals surface area contributed by atoms with Gasteiger partial charge in [0.1, 0.15) is 6.10 Å². The maximum absolute atomic E-state index is 13.6. The molecule has 1 aliphatic heterocycles. The van der Waals surface area contributed by atoms with E-state index in [1.54, 1.807) is 19.9 Å². The molecule has 1 fully saturated rings. The first kappa shape index (κ1) is 9.80. The third kappa shape index (κ3) is 0.902. The van der Waals surface area contributed by atoms with Crippen LogP contribution in [0.3, 0.4) is 0 Å². The molecule has 2 unspecified atom stereocenters. The summed E-state index contributed by atoms with van der Waals surface area (Å²) in [6.07, 6.45) is 1.42. The van der Waals surface area contributed by atoms with Crippen molar-refractivity contribution in [3.8, 4) is 0 Å². The van der Waals surface area contributed by atoms with Crippen LogP contribution in [0, 0.1) is 0 Å². The van der Waals surface area contributed by atoms with Gasteiger partial charge in [0.15, 0.2) is 5.60 Å². The van der Waals surface area contributed by atoms with E-state index in [9.17, 15) is 13.9 Å². The van der Waals surface area contributed by atoms with Crippen LogP contribution in [0.15, 0.2) is 23.3 Å². The van der Waals surface area contributed by atoms with Gasteiger partial charge in [-0.2, -0.15) is 8.78 Å². The van der Waals surface area contributed by atoms with Crippen molar-refractivity contribution in [3.63, 3.8) is 0 Å². The van der Waals surface area contributed by atoms with Gasteiger partial charge in [0, 0.05) is 0 Å². The first-order valence-corrected chi connectivity index (χ1v) is 4.51. The Labute approximate surface area is 80.9 Å². The van der Waals surface area contributed by atoms with Crippen LogP contribution in [0.5, 0.6) is 0 Å². The average Bonchev–Trinajstić information content (AvgIpc) is 2.90. The van der Waals surface area contributed by atoms with Crippen LogP contribution in [-0.2, 0) is 4.74 Å². The van der Waals surface area contributed by atoms with E-state index in [0.29, 0.717) is 5.57 Å². The molecule has 1 spiro atoms. The summed E-state index contributed by atoms with van der Waals surface area (Å²) in [6, 6.07) is 0. The van der Waals surface area contributed by atoms with Gasteiger partial charge < -0.3 is 9.84 Å². The fourth-order valence-electron chi connectivity index (χ4n) is 1.98. The summed E-state index contributed by atoms with van der Waals surface area (Å²) in [5.41, 5.74) is -0.774. The highest BCUT2D eigenvalue weighted by molar-refractivity contribution is 5.47. The lowest BCUT2D eigenvalue weighted by atomic mass is 10.0. The third-order valence-corrected chi connectivity index (χ3v) is 2.99. The second kappa shape index (κ2) is 2.64. The molecule has 78 valence electrons. The molecule has 0 aromatic heterocycles. The number of aliphatic hydroxyl groups is 1. The van der Waals surface area contributed by atoms with E-state index in [0.717, 1.165) is 0 Å². The van der Waals surface area contributed by atoms with Crippen LogP contribution >= 0.6 is 0 Å². The highest BCUT2D eigenvalue weighted by Gasteiger charge is 2.73. The second-order valence-corrected chi connectivity index (χ2v) is 3.72. The molecule has 2 rings (SSSR count). The average molecular weight is 202 g/mol. The molecular weight excluding hydrogens is 190 g/mol. The zero-order chi connectivity index (χ0) is 10.6. The summed E-state index contributed by atoms with van der Waals surface area (Å²) in [7, 11) is 0. The largest absolute Gasteiger partial charge is 0.382 e. The maximum Gasteiger partial charge on any atom is 0.311 e. The van der Waals surface area contributed by atoms with Gasteiger partial charge in [-0.1, -0.05) is 12.2 Å². The van der Waals surface area contributed by atoms with Gasteiger partial charge in [-0.25, -0.2) is 0 Å². The monoisotopic (exact) mass is 202 g/mol. The molecule has 14 heavy (non-hydrogen) atoms. The molecule has 2 nitrogen and oxygen atoms in total. The lowest BCUT2D eigenvalue weighted by Gasteiger charge is -2.19. The van der Waals surface area contributed by atoms with E-state index in [1.165, 1.54) is 6.08 Å². The summed E-state index contributed by atoms with van der Waals surface area (Å²) >= 11 is 0. The molecule has 1 aliphatic carbocycles.